The van der Waals surface area contributed by atoms with Crippen molar-refractivity contribution in [3.8, 4) is 0 Å². The van der Waals surface area contributed by atoms with Crippen molar-refractivity contribution in [2.45, 2.75) is 84.0 Å². The first-order chi connectivity index (χ1) is 15.1. The van der Waals surface area contributed by atoms with Crippen LogP contribution < -0.4 is 21.3 Å². The van der Waals surface area contributed by atoms with Crippen molar-refractivity contribution in [3.05, 3.63) is 0 Å². The molecule has 1 fully saturated rings. The summed E-state index contributed by atoms with van der Waals surface area (Å²) in [6, 6.07) is -2.98. The molecule has 10 heteroatoms. The van der Waals surface area contributed by atoms with Crippen molar-refractivity contribution in [1.82, 2.24) is 21.3 Å². The molecule has 1 aliphatic heterocycles. The molecular formula is C22H40N4O5S. The summed E-state index contributed by atoms with van der Waals surface area (Å²) in [7, 11) is 0. The summed E-state index contributed by atoms with van der Waals surface area (Å²) in [6.07, 6.45) is 4.91. The first kappa shape index (κ1) is 28.2. The third-order valence-corrected chi connectivity index (χ3v) is 6.38. The van der Waals surface area contributed by atoms with E-state index >= 15 is 0 Å². The average molecular weight is 473 g/mol. The average Bonchev–Trinajstić information content (AvgIpc) is 3.28. The largest absolute Gasteiger partial charge is 0.480 e. The first-order valence-corrected chi connectivity index (χ1v) is 12.9. The zero-order chi connectivity index (χ0) is 24.3. The van der Waals surface area contributed by atoms with Gasteiger partial charge in [0.2, 0.25) is 17.7 Å². The summed E-state index contributed by atoms with van der Waals surface area (Å²) in [5.74, 6) is -1.71. The molecule has 0 radical (unpaired) electrons. The van der Waals surface area contributed by atoms with Gasteiger partial charge in [0.05, 0.1) is 6.04 Å². The lowest BCUT2D eigenvalue weighted by Crippen LogP contribution is -2.58. The summed E-state index contributed by atoms with van der Waals surface area (Å²) in [5.41, 5.74) is 0. The van der Waals surface area contributed by atoms with Gasteiger partial charge in [0.1, 0.15) is 18.1 Å². The highest BCUT2D eigenvalue weighted by Crippen LogP contribution is 2.12. The number of rotatable bonds is 14. The van der Waals surface area contributed by atoms with E-state index in [0.29, 0.717) is 25.0 Å². The fourth-order valence-corrected chi connectivity index (χ4v) is 4.07. The summed E-state index contributed by atoms with van der Waals surface area (Å²) >= 11 is 1.57. The Bertz CT molecular complexity index is 640. The normalized spacial score (nSPS) is 19.6. The molecule has 1 heterocycles. The van der Waals surface area contributed by atoms with E-state index in [1.54, 1.807) is 11.8 Å². The number of hydrogen-bond donors (Lipinski definition) is 5. The molecule has 0 aliphatic carbocycles. The van der Waals surface area contributed by atoms with Crippen LogP contribution in [0.5, 0.6) is 0 Å². The van der Waals surface area contributed by atoms with E-state index in [4.69, 9.17) is 0 Å². The zero-order valence-corrected chi connectivity index (χ0v) is 20.7. The highest BCUT2D eigenvalue weighted by molar-refractivity contribution is 7.98. The maximum atomic E-state index is 13.1. The molecule has 184 valence electrons. The van der Waals surface area contributed by atoms with Gasteiger partial charge in [0.25, 0.3) is 0 Å². The zero-order valence-electron chi connectivity index (χ0n) is 19.9. The Morgan fingerprint density at radius 1 is 1.06 bits per heavy atom. The predicted molar refractivity (Wildman–Crippen MR) is 126 cm³/mol. The number of carbonyl (C=O) groups is 4. The number of amides is 3. The van der Waals surface area contributed by atoms with E-state index in [0.717, 1.165) is 19.4 Å². The molecule has 5 atom stereocenters. The Kier molecular flexibility index (Phi) is 12.7. The monoisotopic (exact) mass is 472 g/mol. The van der Waals surface area contributed by atoms with E-state index in [1.165, 1.54) is 0 Å². The quantitative estimate of drug-likeness (QED) is 0.255. The van der Waals surface area contributed by atoms with Gasteiger partial charge in [0.15, 0.2) is 0 Å². The molecule has 0 spiro atoms. The maximum Gasteiger partial charge on any atom is 0.326 e. The van der Waals surface area contributed by atoms with Gasteiger partial charge in [0, 0.05) is 0 Å². The minimum absolute atomic E-state index is 0.0865. The second-order valence-corrected chi connectivity index (χ2v) is 9.88. The van der Waals surface area contributed by atoms with Crippen LogP contribution in [0, 0.1) is 11.8 Å². The van der Waals surface area contributed by atoms with Gasteiger partial charge in [-0.15, -0.1) is 0 Å². The topological polar surface area (TPSA) is 137 Å². The molecule has 3 amide bonds. The molecule has 1 aliphatic rings. The Hall–Kier alpha value is -1.81. The summed E-state index contributed by atoms with van der Waals surface area (Å²) in [5, 5.41) is 20.8. The van der Waals surface area contributed by atoms with Crippen LogP contribution in [-0.2, 0) is 19.2 Å². The van der Waals surface area contributed by atoms with Crippen LogP contribution in [-0.4, -0.2) is 71.5 Å². The first-order valence-electron chi connectivity index (χ1n) is 11.5. The molecule has 5 N–H and O–H groups in total. The lowest BCUT2D eigenvalue weighted by atomic mass is 9.96. The van der Waals surface area contributed by atoms with Crippen molar-refractivity contribution in [2.24, 2.45) is 11.8 Å². The van der Waals surface area contributed by atoms with E-state index in [1.807, 2.05) is 34.0 Å². The summed E-state index contributed by atoms with van der Waals surface area (Å²) in [4.78, 5) is 50.2. The maximum absolute atomic E-state index is 13.1. The highest BCUT2D eigenvalue weighted by Gasteiger charge is 2.33. The van der Waals surface area contributed by atoms with E-state index < -0.39 is 35.9 Å². The van der Waals surface area contributed by atoms with Crippen LogP contribution in [0.15, 0.2) is 0 Å². The summed E-state index contributed by atoms with van der Waals surface area (Å²) < 4.78 is 0. The molecule has 0 saturated carbocycles. The molecule has 0 aromatic carbocycles. The van der Waals surface area contributed by atoms with Gasteiger partial charge >= 0.3 is 5.97 Å². The van der Waals surface area contributed by atoms with Crippen molar-refractivity contribution in [3.63, 3.8) is 0 Å². The lowest BCUT2D eigenvalue weighted by Gasteiger charge is -2.28. The van der Waals surface area contributed by atoms with Gasteiger partial charge in [-0.25, -0.2) is 4.79 Å². The minimum Gasteiger partial charge on any atom is -0.480 e. The van der Waals surface area contributed by atoms with Gasteiger partial charge in [-0.3, -0.25) is 14.4 Å². The van der Waals surface area contributed by atoms with Crippen LogP contribution in [0.3, 0.4) is 0 Å². The van der Waals surface area contributed by atoms with Crippen LogP contribution in [0.2, 0.25) is 0 Å². The number of carboxylic acids is 1. The predicted octanol–water partition coefficient (Wildman–Crippen LogP) is 1.12. The smallest absolute Gasteiger partial charge is 0.326 e. The molecule has 1 rings (SSSR count). The molecule has 0 aromatic heterocycles. The second-order valence-electron chi connectivity index (χ2n) is 8.89. The Labute approximate surface area is 195 Å². The van der Waals surface area contributed by atoms with Crippen molar-refractivity contribution < 1.29 is 24.3 Å². The van der Waals surface area contributed by atoms with Crippen LogP contribution in [0.1, 0.15) is 59.8 Å². The minimum atomic E-state index is -1.10. The molecule has 0 bridgehead atoms. The van der Waals surface area contributed by atoms with Crippen LogP contribution in [0.25, 0.3) is 0 Å². The van der Waals surface area contributed by atoms with Crippen molar-refractivity contribution in [2.75, 3.05) is 18.6 Å². The number of aliphatic carboxylic acids is 1. The SMILES string of the molecule is CCC(C)C(NC(=O)C(CCSC)NC(=O)C1CCCN1)C(=O)NC(CC(C)C)C(=O)O. The lowest BCUT2D eigenvalue weighted by molar-refractivity contribution is -0.143. The summed E-state index contributed by atoms with van der Waals surface area (Å²) in [6.45, 7) is 8.28. The third-order valence-electron chi connectivity index (χ3n) is 5.74. The van der Waals surface area contributed by atoms with E-state index in [9.17, 15) is 24.3 Å². The van der Waals surface area contributed by atoms with Crippen LogP contribution in [0.4, 0.5) is 0 Å². The Balaban J connectivity index is 2.91. The fraction of sp³-hybridized carbons (Fsp3) is 0.818. The Morgan fingerprint density at radius 3 is 2.25 bits per heavy atom. The van der Waals surface area contributed by atoms with Gasteiger partial charge in [-0.05, 0) is 56.1 Å². The Morgan fingerprint density at radius 2 is 1.75 bits per heavy atom. The number of carbonyl (C=O) groups excluding carboxylic acids is 3. The van der Waals surface area contributed by atoms with Crippen LogP contribution >= 0.6 is 11.8 Å². The fourth-order valence-electron chi connectivity index (χ4n) is 3.60. The van der Waals surface area contributed by atoms with Gasteiger partial charge < -0.3 is 26.4 Å². The molecule has 0 aromatic rings. The standard InChI is InChI=1S/C22H40N4O5S/c1-6-14(4)18(21(29)25-17(22(30)31)12-13(2)3)26-20(28)16(9-11-32-5)24-19(27)15-8-7-10-23-15/h13-18,23H,6-12H2,1-5H3,(H,24,27)(H,25,29)(H,26,28)(H,30,31). The molecule has 9 nitrogen and oxygen atoms in total. The third kappa shape index (κ3) is 9.36. The molecule has 32 heavy (non-hydrogen) atoms. The van der Waals surface area contributed by atoms with E-state index in [-0.39, 0.29) is 23.8 Å². The molecule has 1 saturated heterocycles. The van der Waals surface area contributed by atoms with Crippen molar-refractivity contribution in [1.29, 1.82) is 0 Å². The van der Waals surface area contributed by atoms with Gasteiger partial charge in [-0.2, -0.15) is 11.8 Å². The number of thioether (sulfide) groups is 1. The number of nitrogens with one attached hydrogen (secondary N) is 4. The number of carboxylic acid groups (broad SMARTS) is 1. The van der Waals surface area contributed by atoms with E-state index in [2.05, 4.69) is 21.3 Å². The molecular weight excluding hydrogens is 432 g/mol. The highest BCUT2D eigenvalue weighted by atomic mass is 32.2. The number of hydrogen-bond acceptors (Lipinski definition) is 6. The van der Waals surface area contributed by atoms with Crippen molar-refractivity contribution >= 4 is 35.5 Å². The second kappa shape index (κ2) is 14.4. The molecule has 5 unspecified atom stereocenters. The van der Waals surface area contributed by atoms with Gasteiger partial charge in [-0.1, -0.05) is 34.1 Å².